The van der Waals surface area contributed by atoms with Crippen molar-refractivity contribution in [2.24, 2.45) is 5.73 Å². The molecule has 0 fully saturated rings. The first-order valence-corrected chi connectivity index (χ1v) is 7.34. The second-order valence-electron chi connectivity index (χ2n) is 5.47. The van der Waals surface area contributed by atoms with E-state index in [2.05, 4.69) is 5.10 Å². The van der Waals surface area contributed by atoms with E-state index in [1.54, 1.807) is 16.8 Å². The third-order valence-electron chi connectivity index (χ3n) is 3.88. The number of esters is 1. The molecule has 2 N–H and O–H groups in total. The van der Waals surface area contributed by atoms with Gasteiger partial charge in [0.15, 0.2) is 11.8 Å². The number of hydrogen-bond donors (Lipinski definition) is 1. The molecule has 0 unspecified atom stereocenters. The van der Waals surface area contributed by atoms with E-state index >= 15 is 0 Å². The number of fused-ring (bicyclic) bond motifs is 1. The Morgan fingerprint density at radius 2 is 2.00 bits per heavy atom. The Bertz CT molecular complexity index is 768. The van der Waals surface area contributed by atoms with Gasteiger partial charge in [-0.1, -0.05) is 0 Å². The molecule has 0 spiro atoms. The van der Waals surface area contributed by atoms with E-state index in [4.69, 9.17) is 10.5 Å². The van der Waals surface area contributed by atoms with E-state index in [9.17, 15) is 14.0 Å². The normalized spacial score (nSPS) is 14.3. The van der Waals surface area contributed by atoms with Gasteiger partial charge in [-0.2, -0.15) is 5.10 Å². The summed E-state index contributed by atoms with van der Waals surface area (Å²) >= 11 is 0. The predicted molar refractivity (Wildman–Crippen MR) is 79.6 cm³/mol. The molecule has 1 amide bonds. The van der Waals surface area contributed by atoms with Crippen molar-refractivity contribution in [2.75, 3.05) is 0 Å². The molecule has 1 aliphatic carbocycles. The summed E-state index contributed by atoms with van der Waals surface area (Å²) in [6.07, 6.45) is 1.38. The first-order valence-electron chi connectivity index (χ1n) is 7.34. The SMILES string of the molecule is C[C@H](OC(=O)c1nn(-c2ccc(F)cc2)c2c1CCC2)C(N)=O. The number of ether oxygens (including phenoxy) is 1. The Kier molecular flexibility index (Phi) is 3.85. The van der Waals surface area contributed by atoms with Crippen LogP contribution in [0.4, 0.5) is 4.39 Å². The molecule has 6 nitrogen and oxygen atoms in total. The van der Waals surface area contributed by atoms with Gasteiger partial charge in [0.05, 0.1) is 5.69 Å². The maximum Gasteiger partial charge on any atom is 0.359 e. The molecule has 0 aliphatic heterocycles. The summed E-state index contributed by atoms with van der Waals surface area (Å²) < 4.78 is 19.8. The van der Waals surface area contributed by atoms with Gasteiger partial charge in [-0.25, -0.2) is 13.9 Å². The highest BCUT2D eigenvalue weighted by Crippen LogP contribution is 2.28. The van der Waals surface area contributed by atoms with Crippen molar-refractivity contribution in [3.05, 3.63) is 47.0 Å². The van der Waals surface area contributed by atoms with Crippen LogP contribution in [0.1, 0.15) is 35.1 Å². The Balaban J connectivity index is 1.97. The number of nitrogens with zero attached hydrogens (tertiary/aromatic N) is 2. The molecule has 0 saturated carbocycles. The molecule has 0 radical (unpaired) electrons. The molecule has 2 aromatic rings. The molecule has 0 saturated heterocycles. The van der Waals surface area contributed by atoms with Crippen molar-refractivity contribution in [3.8, 4) is 5.69 Å². The Labute approximate surface area is 132 Å². The summed E-state index contributed by atoms with van der Waals surface area (Å²) in [4.78, 5) is 23.3. The highest BCUT2D eigenvalue weighted by molar-refractivity contribution is 5.92. The number of halogens is 1. The van der Waals surface area contributed by atoms with Crippen LogP contribution < -0.4 is 5.73 Å². The number of amides is 1. The zero-order valence-electron chi connectivity index (χ0n) is 12.6. The summed E-state index contributed by atoms with van der Waals surface area (Å²) in [5, 5.41) is 4.31. The first-order chi connectivity index (χ1) is 11.0. The number of carbonyl (C=O) groups excluding carboxylic acids is 2. The van der Waals surface area contributed by atoms with Crippen molar-refractivity contribution >= 4 is 11.9 Å². The third kappa shape index (κ3) is 2.81. The van der Waals surface area contributed by atoms with E-state index < -0.39 is 18.0 Å². The molecule has 3 rings (SSSR count). The van der Waals surface area contributed by atoms with Crippen LogP contribution >= 0.6 is 0 Å². The zero-order chi connectivity index (χ0) is 16.6. The van der Waals surface area contributed by atoms with Gasteiger partial charge < -0.3 is 10.5 Å². The van der Waals surface area contributed by atoms with Gasteiger partial charge in [-0.15, -0.1) is 0 Å². The Morgan fingerprint density at radius 1 is 1.30 bits per heavy atom. The third-order valence-corrected chi connectivity index (χ3v) is 3.88. The van der Waals surface area contributed by atoms with Crippen molar-refractivity contribution in [1.29, 1.82) is 0 Å². The van der Waals surface area contributed by atoms with Crippen LogP contribution in [0.5, 0.6) is 0 Å². The summed E-state index contributed by atoms with van der Waals surface area (Å²) in [7, 11) is 0. The first kappa shape index (κ1) is 15.2. The van der Waals surface area contributed by atoms with Crippen LogP contribution in [0.2, 0.25) is 0 Å². The van der Waals surface area contributed by atoms with Gasteiger partial charge in [-0.3, -0.25) is 4.79 Å². The van der Waals surface area contributed by atoms with Gasteiger partial charge in [0.2, 0.25) is 0 Å². The van der Waals surface area contributed by atoms with Crippen LogP contribution in [0, 0.1) is 5.82 Å². The molecule has 120 valence electrons. The smallest absolute Gasteiger partial charge is 0.359 e. The van der Waals surface area contributed by atoms with Crippen molar-refractivity contribution in [1.82, 2.24) is 9.78 Å². The van der Waals surface area contributed by atoms with E-state index in [0.717, 1.165) is 24.1 Å². The lowest BCUT2D eigenvalue weighted by Crippen LogP contribution is -2.30. The van der Waals surface area contributed by atoms with Crippen LogP contribution in [0.15, 0.2) is 24.3 Å². The number of benzene rings is 1. The van der Waals surface area contributed by atoms with Crippen LogP contribution in [0.25, 0.3) is 5.69 Å². The minimum atomic E-state index is -1.02. The molecule has 7 heteroatoms. The second kappa shape index (κ2) is 5.83. The highest BCUT2D eigenvalue weighted by Gasteiger charge is 2.29. The molecule has 1 heterocycles. The topological polar surface area (TPSA) is 87.2 Å². The van der Waals surface area contributed by atoms with Crippen LogP contribution in [-0.4, -0.2) is 27.8 Å². The predicted octanol–water partition coefficient (Wildman–Crippen LogP) is 1.53. The van der Waals surface area contributed by atoms with Crippen molar-refractivity contribution < 1.29 is 18.7 Å². The van der Waals surface area contributed by atoms with Gasteiger partial charge >= 0.3 is 5.97 Å². The molecular formula is C16H16FN3O3. The van der Waals surface area contributed by atoms with E-state index in [1.807, 2.05) is 0 Å². The second-order valence-corrected chi connectivity index (χ2v) is 5.47. The Hall–Kier alpha value is -2.70. The fourth-order valence-electron chi connectivity index (χ4n) is 2.67. The fraction of sp³-hybridized carbons (Fsp3) is 0.312. The maximum absolute atomic E-state index is 13.1. The molecule has 1 aromatic heterocycles. The summed E-state index contributed by atoms with van der Waals surface area (Å²) in [6.45, 7) is 1.41. The molecule has 1 aromatic carbocycles. The minimum absolute atomic E-state index is 0.190. The molecular weight excluding hydrogens is 301 g/mol. The lowest BCUT2D eigenvalue weighted by atomic mass is 10.2. The number of rotatable bonds is 4. The number of primary amides is 1. The maximum atomic E-state index is 13.1. The quantitative estimate of drug-likeness (QED) is 0.866. The average molecular weight is 317 g/mol. The van der Waals surface area contributed by atoms with Crippen molar-refractivity contribution in [2.45, 2.75) is 32.3 Å². The van der Waals surface area contributed by atoms with E-state index in [-0.39, 0.29) is 11.5 Å². The largest absolute Gasteiger partial charge is 0.448 e. The molecule has 1 atom stereocenters. The monoisotopic (exact) mass is 317 g/mol. The number of nitrogens with two attached hydrogens (primary N) is 1. The van der Waals surface area contributed by atoms with Gasteiger partial charge in [0, 0.05) is 11.3 Å². The molecule has 23 heavy (non-hydrogen) atoms. The van der Waals surface area contributed by atoms with E-state index in [1.165, 1.54) is 19.1 Å². The minimum Gasteiger partial charge on any atom is -0.448 e. The lowest BCUT2D eigenvalue weighted by Gasteiger charge is -2.08. The molecule has 0 bridgehead atoms. The summed E-state index contributed by atoms with van der Waals surface area (Å²) in [5.41, 5.74) is 7.70. The number of hydrogen-bond acceptors (Lipinski definition) is 4. The molecule has 1 aliphatic rings. The van der Waals surface area contributed by atoms with Gasteiger partial charge in [0.25, 0.3) is 5.91 Å². The zero-order valence-corrected chi connectivity index (χ0v) is 12.6. The van der Waals surface area contributed by atoms with Crippen LogP contribution in [-0.2, 0) is 22.4 Å². The van der Waals surface area contributed by atoms with Gasteiger partial charge in [-0.05, 0) is 50.5 Å². The summed E-state index contributed by atoms with van der Waals surface area (Å²) in [6, 6.07) is 5.88. The van der Waals surface area contributed by atoms with Crippen LogP contribution in [0.3, 0.4) is 0 Å². The lowest BCUT2D eigenvalue weighted by molar-refractivity contribution is -0.125. The highest BCUT2D eigenvalue weighted by atomic mass is 19.1. The average Bonchev–Trinajstić information content (AvgIpc) is 3.10. The number of carbonyl (C=O) groups is 2. The standard InChI is InChI=1S/C16H16FN3O3/c1-9(15(18)21)23-16(22)14-12-3-2-4-13(12)20(19-14)11-7-5-10(17)6-8-11/h5-9H,2-4H2,1H3,(H2,18,21)/t9-/m0/s1. The fourth-order valence-corrected chi connectivity index (χ4v) is 2.67. The van der Waals surface area contributed by atoms with Gasteiger partial charge in [0.1, 0.15) is 5.82 Å². The number of aromatic nitrogens is 2. The Morgan fingerprint density at radius 3 is 2.65 bits per heavy atom. The van der Waals surface area contributed by atoms with E-state index in [0.29, 0.717) is 12.1 Å². The summed E-state index contributed by atoms with van der Waals surface area (Å²) in [5.74, 6) is -1.73. The van der Waals surface area contributed by atoms with Crippen molar-refractivity contribution in [3.63, 3.8) is 0 Å².